The molecular formula is C14H24ClNS. The minimum absolute atomic E-state index is 0.492. The van der Waals surface area contributed by atoms with Crippen LogP contribution in [-0.2, 0) is 0 Å². The molecule has 0 radical (unpaired) electrons. The van der Waals surface area contributed by atoms with Gasteiger partial charge in [-0.2, -0.15) is 0 Å². The summed E-state index contributed by atoms with van der Waals surface area (Å²) in [5.41, 5.74) is 0. The Morgan fingerprint density at radius 2 is 2.06 bits per heavy atom. The smallest absolute Gasteiger partial charge is 0.0931 e. The summed E-state index contributed by atoms with van der Waals surface area (Å²) in [7, 11) is 0. The highest BCUT2D eigenvalue weighted by molar-refractivity contribution is 7.16. The monoisotopic (exact) mass is 273 g/mol. The molecule has 98 valence electrons. The van der Waals surface area contributed by atoms with Gasteiger partial charge in [0, 0.05) is 10.9 Å². The molecule has 1 aromatic heterocycles. The Morgan fingerprint density at radius 3 is 2.59 bits per heavy atom. The van der Waals surface area contributed by atoms with Gasteiger partial charge in [0.15, 0.2) is 0 Å². The fraction of sp³-hybridized carbons (Fsp3) is 0.714. The van der Waals surface area contributed by atoms with Crippen LogP contribution in [0.25, 0.3) is 0 Å². The van der Waals surface area contributed by atoms with Gasteiger partial charge < -0.3 is 5.32 Å². The van der Waals surface area contributed by atoms with Crippen LogP contribution in [0.5, 0.6) is 0 Å². The van der Waals surface area contributed by atoms with Crippen molar-refractivity contribution in [2.45, 2.75) is 52.5 Å². The molecule has 0 aliphatic carbocycles. The molecule has 0 spiro atoms. The Bertz CT molecular complexity index is 309. The molecule has 0 aromatic carbocycles. The van der Waals surface area contributed by atoms with Gasteiger partial charge in [-0.25, -0.2) is 0 Å². The Labute approximate surface area is 115 Å². The van der Waals surface area contributed by atoms with E-state index >= 15 is 0 Å². The van der Waals surface area contributed by atoms with E-state index in [1.165, 1.54) is 30.6 Å². The highest BCUT2D eigenvalue weighted by Crippen LogP contribution is 2.30. The Balaban J connectivity index is 2.48. The molecule has 0 saturated heterocycles. The van der Waals surface area contributed by atoms with E-state index < -0.39 is 0 Å². The number of hydrogen-bond donors (Lipinski definition) is 1. The van der Waals surface area contributed by atoms with Crippen LogP contribution in [0.1, 0.15) is 57.4 Å². The van der Waals surface area contributed by atoms with Gasteiger partial charge in [0.05, 0.1) is 4.34 Å². The number of rotatable bonds is 8. The van der Waals surface area contributed by atoms with E-state index in [1.807, 2.05) is 6.07 Å². The molecule has 0 fully saturated rings. The minimum atomic E-state index is 0.492. The topological polar surface area (TPSA) is 12.0 Å². The van der Waals surface area contributed by atoms with E-state index in [0.29, 0.717) is 6.04 Å². The van der Waals surface area contributed by atoms with Crippen LogP contribution in [0.2, 0.25) is 4.34 Å². The highest BCUT2D eigenvalue weighted by atomic mass is 35.5. The summed E-state index contributed by atoms with van der Waals surface area (Å²) >= 11 is 7.72. The molecule has 0 bridgehead atoms. The summed E-state index contributed by atoms with van der Waals surface area (Å²) < 4.78 is 0.896. The van der Waals surface area contributed by atoms with Crippen molar-refractivity contribution in [2.75, 3.05) is 6.54 Å². The first-order chi connectivity index (χ1) is 8.13. The first kappa shape index (κ1) is 15.0. The van der Waals surface area contributed by atoms with Crippen molar-refractivity contribution in [3.63, 3.8) is 0 Å². The van der Waals surface area contributed by atoms with E-state index in [-0.39, 0.29) is 0 Å². The Morgan fingerprint density at radius 1 is 1.29 bits per heavy atom. The molecule has 1 unspecified atom stereocenters. The highest BCUT2D eigenvalue weighted by Gasteiger charge is 2.12. The molecule has 0 aliphatic rings. The summed E-state index contributed by atoms with van der Waals surface area (Å²) in [5.74, 6) is 0.800. The molecular weight excluding hydrogens is 250 g/mol. The zero-order valence-corrected chi connectivity index (χ0v) is 12.7. The molecule has 0 saturated carbocycles. The third-order valence-corrected chi connectivity index (χ3v) is 4.20. The summed E-state index contributed by atoms with van der Waals surface area (Å²) in [5, 5.41) is 3.62. The van der Waals surface area contributed by atoms with Crippen molar-refractivity contribution in [3.05, 3.63) is 21.3 Å². The Hall–Kier alpha value is -0.0500. The van der Waals surface area contributed by atoms with Gasteiger partial charge in [-0.05, 0) is 37.4 Å². The second kappa shape index (κ2) is 8.12. The fourth-order valence-electron chi connectivity index (χ4n) is 1.91. The number of thiophene rings is 1. The first-order valence-corrected chi connectivity index (χ1v) is 7.81. The van der Waals surface area contributed by atoms with Gasteiger partial charge in [0.1, 0.15) is 0 Å². The molecule has 1 nitrogen and oxygen atoms in total. The molecule has 1 rings (SSSR count). The van der Waals surface area contributed by atoms with Gasteiger partial charge in [-0.15, -0.1) is 11.3 Å². The zero-order valence-electron chi connectivity index (χ0n) is 11.1. The minimum Gasteiger partial charge on any atom is -0.309 e. The van der Waals surface area contributed by atoms with Crippen molar-refractivity contribution in [2.24, 2.45) is 5.92 Å². The normalized spacial score (nSPS) is 13.2. The SMILES string of the molecule is CCCNC(CCCC(C)C)c1ccc(Cl)s1. The van der Waals surface area contributed by atoms with Crippen molar-refractivity contribution >= 4 is 22.9 Å². The van der Waals surface area contributed by atoms with Gasteiger partial charge in [-0.1, -0.05) is 45.2 Å². The second-order valence-electron chi connectivity index (χ2n) is 4.97. The average molecular weight is 274 g/mol. The number of nitrogens with one attached hydrogen (secondary N) is 1. The van der Waals surface area contributed by atoms with E-state index in [9.17, 15) is 0 Å². The fourth-order valence-corrected chi connectivity index (χ4v) is 3.08. The summed E-state index contributed by atoms with van der Waals surface area (Å²) in [6, 6.07) is 4.66. The van der Waals surface area contributed by atoms with E-state index in [2.05, 4.69) is 32.2 Å². The maximum absolute atomic E-state index is 6.01. The van der Waals surface area contributed by atoms with Crippen LogP contribution in [-0.4, -0.2) is 6.54 Å². The largest absolute Gasteiger partial charge is 0.309 e. The quantitative estimate of drug-likeness (QED) is 0.680. The molecule has 17 heavy (non-hydrogen) atoms. The lowest BCUT2D eigenvalue weighted by molar-refractivity contribution is 0.452. The van der Waals surface area contributed by atoms with Crippen molar-refractivity contribution in [3.8, 4) is 0 Å². The third-order valence-electron chi connectivity index (χ3n) is 2.85. The van der Waals surface area contributed by atoms with E-state index in [1.54, 1.807) is 11.3 Å². The average Bonchev–Trinajstić information content (AvgIpc) is 2.69. The lowest BCUT2D eigenvalue weighted by atomic mass is 10.0. The van der Waals surface area contributed by atoms with Crippen molar-refractivity contribution in [1.29, 1.82) is 0 Å². The van der Waals surface area contributed by atoms with Crippen LogP contribution in [0.4, 0.5) is 0 Å². The number of halogens is 1. The van der Waals surface area contributed by atoms with Gasteiger partial charge in [0.2, 0.25) is 0 Å². The van der Waals surface area contributed by atoms with Crippen LogP contribution in [0.15, 0.2) is 12.1 Å². The third kappa shape index (κ3) is 5.89. The van der Waals surface area contributed by atoms with E-state index in [0.717, 1.165) is 16.8 Å². The zero-order chi connectivity index (χ0) is 12.7. The van der Waals surface area contributed by atoms with Gasteiger partial charge in [0.25, 0.3) is 0 Å². The van der Waals surface area contributed by atoms with Crippen LogP contribution in [0.3, 0.4) is 0 Å². The first-order valence-electron chi connectivity index (χ1n) is 6.62. The van der Waals surface area contributed by atoms with Crippen LogP contribution < -0.4 is 5.32 Å². The van der Waals surface area contributed by atoms with Crippen LogP contribution >= 0.6 is 22.9 Å². The molecule has 0 aliphatic heterocycles. The lowest BCUT2D eigenvalue weighted by Crippen LogP contribution is -2.21. The van der Waals surface area contributed by atoms with Gasteiger partial charge in [-0.3, -0.25) is 0 Å². The maximum atomic E-state index is 6.01. The molecule has 0 amide bonds. The van der Waals surface area contributed by atoms with Crippen molar-refractivity contribution in [1.82, 2.24) is 5.32 Å². The summed E-state index contributed by atoms with van der Waals surface area (Å²) in [4.78, 5) is 1.38. The van der Waals surface area contributed by atoms with Crippen LogP contribution in [0, 0.1) is 5.92 Å². The molecule has 1 heterocycles. The maximum Gasteiger partial charge on any atom is 0.0931 e. The predicted molar refractivity (Wildman–Crippen MR) is 79.1 cm³/mol. The number of hydrogen-bond acceptors (Lipinski definition) is 2. The lowest BCUT2D eigenvalue weighted by Gasteiger charge is -2.17. The van der Waals surface area contributed by atoms with Gasteiger partial charge >= 0.3 is 0 Å². The summed E-state index contributed by atoms with van der Waals surface area (Å²) in [6.07, 6.45) is 4.99. The van der Waals surface area contributed by atoms with Crippen molar-refractivity contribution < 1.29 is 0 Å². The molecule has 1 atom stereocenters. The second-order valence-corrected chi connectivity index (χ2v) is 6.72. The summed E-state index contributed by atoms with van der Waals surface area (Å²) in [6.45, 7) is 7.87. The standard InChI is InChI=1S/C14H24ClNS/c1-4-10-16-12(7-5-6-11(2)3)13-8-9-14(15)17-13/h8-9,11-12,16H,4-7,10H2,1-3H3. The molecule has 1 aromatic rings. The Kier molecular flexibility index (Phi) is 7.17. The van der Waals surface area contributed by atoms with E-state index in [4.69, 9.17) is 11.6 Å². The molecule has 1 N–H and O–H groups in total. The predicted octanol–water partition coefficient (Wildman–Crippen LogP) is 5.27. The molecule has 3 heteroatoms.